The van der Waals surface area contributed by atoms with E-state index in [1.54, 1.807) is 0 Å². The Hall–Kier alpha value is -4.71. The summed E-state index contributed by atoms with van der Waals surface area (Å²) in [7, 11) is 0. The van der Waals surface area contributed by atoms with Crippen molar-refractivity contribution in [2.45, 2.75) is 71.2 Å². The summed E-state index contributed by atoms with van der Waals surface area (Å²) in [6.45, 7) is 6.28. The summed E-state index contributed by atoms with van der Waals surface area (Å²) in [5.41, 5.74) is 7.08. The quantitative estimate of drug-likeness (QED) is 0.182. The number of alkyl halides is 3. The third-order valence-corrected chi connectivity index (χ3v) is 9.25. The second-order valence-electron chi connectivity index (χ2n) is 11.8. The average molecular weight is 661 g/mol. The standard InChI is InChI=1S/C35H35F3N6O2S/c1-4-5-25-7-6-22(2)18-31(25)44-23(3)20-47-34(44)41-33(45)40-28-13-12-27(19-28)24-8-10-26(11-9-24)32-39-21-43(42-32)29-14-16-30(17-15-29)46-35(36,37)38/h6-11,14-18,20-21,27-28H,4-5,12-13,19H2,1-3H3,(H,40,45)/b41-34-. The lowest BCUT2D eigenvalue weighted by Crippen LogP contribution is -2.32. The molecule has 0 radical (unpaired) electrons. The fraction of sp³-hybridized carbons (Fsp3) is 0.314. The topological polar surface area (TPSA) is 86.3 Å². The first kappa shape index (κ1) is 32.2. The molecule has 0 saturated heterocycles. The van der Waals surface area contributed by atoms with Gasteiger partial charge in [0.15, 0.2) is 10.6 Å². The summed E-state index contributed by atoms with van der Waals surface area (Å²) >= 11 is 1.47. The Labute approximate surface area is 274 Å². The number of rotatable bonds is 8. The monoisotopic (exact) mass is 660 g/mol. The minimum Gasteiger partial charge on any atom is -0.406 e. The lowest BCUT2D eigenvalue weighted by atomic mass is 9.96. The van der Waals surface area contributed by atoms with Gasteiger partial charge in [0.25, 0.3) is 0 Å². The van der Waals surface area contributed by atoms with Crippen LogP contribution in [0.25, 0.3) is 22.8 Å². The molecule has 1 aliphatic carbocycles. The highest BCUT2D eigenvalue weighted by Crippen LogP contribution is 2.35. The van der Waals surface area contributed by atoms with E-state index in [9.17, 15) is 18.0 Å². The molecule has 8 nitrogen and oxygen atoms in total. The van der Waals surface area contributed by atoms with Crippen molar-refractivity contribution in [3.8, 4) is 28.5 Å². The summed E-state index contributed by atoms with van der Waals surface area (Å²) in [5.74, 6) is 0.499. The lowest BCUT2D eigenvalue weighted by Gasteiger charge is -2.14. The molecular formula is C35H35F3N6O2S. The SMILES string of the molecule is CCCc1ccc(C)cc1-n1c(C)cs/c1=N\C(=O)NC1CCC(c2ccc(-c3ncn(-c4ccc(OC(F)(F)F)cc4)n3)cc2)C1. The number of carbonyl (C=O) groups excluding carboxylic acids is 1. The molecule has 0 bridgehead atoms. The number of nitrogens with one attached hydrogen (secondary N) is 1. The van der Waals surface area contributed by atoms with Crippen LogP contribution in [0.1, 0.15) is 60.9 Å². The number of thiazole rings is 1. The Balaban J connectivity index is 1.09. The van der Waals surface area contributed by atoms with Crippen LogP contribution in [0.2, 0.25) is 0 Å². The maximum atomic E-state index is 13.1. The molecule has 6 rings (SSSR count). The molecule has 2 aromatic heterocycles. The van der Waals surface area contributed by atoms with Crippen molar-refractivity contribution < 1.29 is 22.7 Å². The first-order valence-electron chi connectivity index (χ1n) is 15.6. The third-order valence-electron chi connectivity index (χ3n) is 8.30. The second-order valence-corrected chi connectivity index (χ2v) is 12.7. The molecule has 12 heteroatoms. The summed E-state index contributed by atoms with van der Waals surface area (Å²) in [6, 6.07) is 19.7. The van der Waals surface area contributed by atoms with E-state index >= 15 is 0 Å². The van der Waals surface area contributed by atoms with Crippen molar-refractivity contribution in [2.75, 3.05) is 0 Å². The molecular weight excluding hydrogens is 625 g/mol. The summed E-state index contributed by atoms with van der Waals surface area (Å²) in [6.07, 6.45) is 1.40. The van der Waals surface area contributed by atoms with Gasteiger partial charge in [-0.05, 0) is 92.5 Å². The van der Waals surface area contributed by atoms with Crippen molar-refractivity contribution in [1.29, 1.82) is 0 Å². The Bertz CT molecular complexity index is 1930. The van der Waals surface area contributed by atoms with Gasteiger partial charge in [-0.15, -0.1) is 29.6 Å². The zero-order chi connectivity index (χ0) is 33.1. The molecule has 1 fully saturated rings. The van der Waals surface area contributed by atoms with Gasteiger partial charge in [0.05, 0.1) is 11.4 Å². The highest BCUT2D eigenvalue weighted by Gasteiger charge is 2.31. The lowest BCUT2D eigenvalue weighted by molar-refractivity contribution is -0.274. The number of aromatic nitrogens is 4. The molecule has 3 aromatic carbocycles. The van der Waals surface area contributed by atoms with Crippen molar-refractivity contribution in [3.05, 3.63) is 106 Å². The molecule has 0 aliphatic heterocycles. The Morgan fingerprint density at radius 3 is 2.55 bits per heavy atom. The first-order valence-corrected chi connectivity index (χ1v) is 16.4. The van der Waals surface area contributed by atoms with Gasteiger partial charge >= 0.3 is 12.4 Å². The van der Waals surface area contributed by atoms with Gasteiger partial charge in [0.1, 0.15) is 12.1 Å². The van der Waals surface area contributed by atoms with Crippen LogP contribution < -0.4 is 14.9 Å². The van der Waals surface area contributed by atoms with Gasteiger partial charge in [-0.3, -0.25) is 4.57 Å². The Morgan fingerprint density at radius 1 is 1.06 bits per heavy atom. The number of urea groups is 1. The summed E-state index contributed by atoms with van der Waals surface area (Å²) in [4.78, 5) is 22.6. The number of nitrogens with zero attached hydrogens (tertiary/aromatic N) is 5. The van der Waals surface area contributed by atoms with E-state index in [4.69, 9.17) is 0 Å². The Morgan fingerprint density at radius 2 is 1.83 bits per heavy atom. The van der Waals surface area contributed by atoms with Crippen LogP contribution in [0.4, 0.5) is 18.0 Å². The maximum Gasteiger partial charge on any atom is 0.573 e. The second kappa shape index (κ2) is 13.6. The van der Waals surface area contributed by atoms with Gasteiger partial charge in [0, 0.05) is 22.7 Å². The smallest absolute Gasteiger partial charge is 0.406 e. The number of ether oxygens (including phenoxy) is 1. The minimum absolute atomic E-state index is 0.0327. The molecule has 244 valence electrons. The van der Waals surface area contributed by atoms with Gasteiger partial charge in [-0.2, -0.15) is 4.99 Å². The number of halogens is 3. The predicted octanol–water partition coefficient (Wildman–Crippen LogP) is 8.20. The average Bonchev–Trinajstić information content (AvgIpc) is 3.79. The van der Waals surface area contributed by atoms with Crippen LogP contribution in [0, 0.1) is 13.8 Å². The zero-order valence-electron chi connectivity index (χ0n) is 26.3. The molecule has 0 spiro atoms. The highest BCUT2D eigenvalue weighted by molar-refractivity contribution is 7.07. The van der Waals surface area contributed by atoms with Gasteiger partial charge in [-0.1, -0.05) is 49.7 Å². The first-order chi connectivity index (χ1) is 22.6. The predicted molar refractivity (Wildman–Crippen MR) is 175 cm³/mol. The summed E-state index contributed by atoms with van der Waals surface area (Å²) in [5, 5.41) is 9.66. The van der Waals surface area contributed by atoms with E-state index in [1.807, 2.05) is 24.4 Å². The number of amides is 2. The number of benzene rings is 3. The van der Waals surface area contributed by atoms with Crippen molar-refractivity contribution in [2.24, 2.45) is 4.99 Å². The fourth-order valence-corrected chi connectivity index (χ4v) is 6.92. The van der Waals surface area contributed by atoms with Crippen LogP contribution >= 0.6 is 11.3 Å². The Kier molecular flexibility index (Phi) is 9.31. The van der Waals surface area contributed by atoms with Crippen molar-refractivity contribution >= 4 is 17.4 Å². The molecule has 5 aromatic rings. The van der Waals surface area contributed by atoms with E-state index in [0.29, 0.717) is 22.2 Å². The molecule has 1 N–H and O–H groups in total. The third kappa shape index (κ3) is 7.65. The number of hydrogen-bond donors (Lipinski definition) is 1. The molecule has 1 saturated carbocycles. The van der Waals surface area contributed by atoms with Crippen molar-refractivity contribution in [1.82, 2.24) is 24.6 Å². The van der Waals surface area contributed by atoms with E-state index in [1.165, 1.54) is 57.7 Å². The molecule has 2 unspecified atom stereocenters. The van der Waals surface area contributed by atoms with Crippen molar-refractivity contribution in [3.63, 3.8) is 0 Å². The van der Waals surface area contributed by atoms with Gasteiger partial charge in [-0.25, -0.2) is 14.5 Å². The van der Waals surface area contributed by atoms with Crippen LogP contribution in [0.15, 0.2) is 83.4 Å². The molecule has 1 aliphatic rings. The van der Waals surface area contributed by atoms with Crippen LogP contribution in [-0.2, 0) is 6.42 Å². The fourth-order valence-electron chi connectivity index (χ4n) is 6.06. The van der Waals surface area contributed by atoms with Gasteiger partial charge < -0.3 is 10.1 Å². The van der Waals surface area contributed by atoms with Crippen LogP contribution in [0.5, 0.6) is 5.75 Å². The zero-order valence-corrected chi connectivity index (χ0v) is 27.1. The van der Waals surface area contributed by atoms with Crippen LogP contribution in [-0.4, -0.2) is 37.8 Å². The number of aryl methyl sites for hydroxylation is 3. The molecule has 2 heterocycles. The van der Waals surface area contributed by atoms with E-state index in [0.717, 1.165) is 54.6 Å². The van der Waals surface area contributed by atoms with Crippen LogP contribution in [0.3, 0.4) is 0 Å². The maximum absolute atomic E-state index is 13.1. The molecule has 2 amide bonds. The van der Waals surface area contributed by atoms with Gasteiger partial charge in [0.2, 0.25) is 0 Å². The van der Waals surface area contributed by atoms with E-state index in [-0.39, 0.29) is 17.8 Å². The molecule has 47 heavy (non-hydrogen) atoms. The van der Waals surface area contributed by atoms with E-state index in [2.05, 4.69) is 73.9 Å². The number of carbonyl (C=O) groups is 1. The minimum atomic E-state index is -4.74. The largest absolute Gasteiger partial charge is 0.573 e. The summed E-state index contributed by atoms with van der Waals surface area (Å²) < 4.78 is 44.9. The number of hydrogen-bond acceptors (Lipinski definition) is 5. The van der Waals surface area contributed by atoms with E-state index < -0.39 is 6.36 Å². The molecule has 2 atom stereocenters. The highest BCUT2D eigenvalue weighted by atomic mass is 32.1. The normalized spacial score (nSPS) is 16.9.